The van der Waals surface area contributed by atoms with Gasteiger partial charge < -0.3 is 15.4 Å². The molecular weight excluding hydrogens is 252 g/mol. The molecule has 110 valence electrons. The molecule has 0 aromatic carbocycles. The Morgan fingerprint density at radius 1 is 1.45 bits per heavy atom. The van der Waals surface area contributed by atoms with Crippen molar-refractivity contribution in [3.05, 3.63) is 36.5 Å². The number of guanidine groups is 1. The number of aromatic nitrogens is 1. The van der Waals surface area contributed by atoms with Crippen LogP contribution in [0.1, 0.15) is 26.3 Å². The second kappa shape index (κ2) is 8.96. The molecule has 0 saturated heterocycles. The zero-order chi connectivity index (χ0) is 14.8. The Labute approximate surface area is 121 Å². The zero-order valence-electron chi connectivity index (χ0n) is 12.5. The lowest BCUT2D eigenvalue weighted by molar-refractivity contribution is 0.232. The second-order valence-corrected chi connectivity index (χ2v) is 4.54. The Morgan fingerprint density at radius 2 is 2.25 bits per heavy atom. The number of ether oxygens (including phenoxy) is 1. The van der Waals surface area contributed by atoms with Gasteiger partial charge in [0.1, 0.15) is 0 Å². The van der Waals surface area contributed by atoms with Gasteiger partial charge in [-0.3, -0.25) is 0 Å². The smallest absolute Gasteiger partial charge is 0.213 e. The van der Waals surface area contributed by atoms with Crippen LogP contribution in [0.3, 0.4) is 0 Å². The predicted octanol–water partition coefficient (Wildman–Crippen LogP) is 2.11. The lowest BCUT2D eigenvalue weighted by Crippen LogP contribution is -2.37. The molecule has 0 fully saturated rings. The van der Waals surface area contributed by atoms with Gasteiger partial charge in [-0.1, -0.05) is 12.1 Å². The average Bonchev–Trinajstić information content (AvgIpc) is 2.43. The lowest BCUT2D eigenvalue weighted by atomic mass is 10.3. The van der Waals surface area contributed by atoms with Crippen molar-refractivity contribution in [1.82, 2.24) is 15.6 Å². The van der Waals surface area contributed by atoms with Crippen LogP contribution in [0.4, 0.5) is 0 Å². The molecule has 0 atom stereocenters. The molecule has 0 amide bonds. The van der Waals surface area contributed by atoms with Gasteiger partial charge in [-0.2, -0.15) is 0 Å². The number of rotatable bonds is 7. The summed E-state index contributed by atoms with van der Waals surface area (Å²) in [5, 5.41) is 6.32. The van der Waals surface area contributed by atoms with Crippen LogP contribution in [0.25, 0.3) is 0 Å². The maximum atomic E-state index is 5.50. The van der Waals surface area contributed by atoms with Crippen molar-refractivity contribution in [2.45, 2.75) is 33.4 Å². The van der Waals surface area contributed by atoms with E-state index >= 15 is 0 Å². The van der Waals surface area contributed by atoms with Gasteiger partial charge in [0.2, 0.25) is 5.88 Å². The Kier molecular flexibility index (Phi) is 7.17. The number of nitrogens with zero attached hydrogens (tertiary/aromatic N) is 2. The van der Waals surface area contributed by atoms with Crippen LogP contribution in [0.5, 0.6) is 5.88 Å². The largest absolute Gasteiger partial charge is 0.475 e. The Balaban J connectivity index is 2.59. The first-order valence-electron chi connectivity index (χ1n) is 6.90. The van der Waals surface area contributed by atoms with E-state index in [-0.39, 0.29) is 6.10 Å². The number of aliphatic imine (C=N–C) groups is 1. The molecular formula is C15H24N4O. The Bertz CT molecular complexity index is 426. The highest BCUT2D eigenvalue weighted by molar-refractivity contribution is 5.79. The summed E-state index contributed by atoms with van der Waals surface area (Å²) in [5.41, 5.74) is 1.04. The molecule has 1 rings (SSSR count). The molecule has 1 heterocycles. The fourth-order valence-electron chi connectivity index (χ4n) is 1.50. The highest BCUT2D eigenvalue weighted by atomic mass is 16.5. The van der Waals surface area contributed by atoms with E-state index in [1.807, 2.05) is 32.9 Å². The molecule has 2 N–H and O–H groups in total. The fraction of sp³-hybridized carbons (Fsp3) is 0.467. The SMILES string of the molecule is C=CCNC(=NCc1ccc(OC(C)C)nc1)NCC. The maximum Gasteiger partial charge on any atom is 0.213 e. The number of pyridine rings is 1. The van der Waals surface area contributed by atoms with Gasteiger partial charge >= 0.3 is 0 Å². The van der Waals surface area contributed by atoms with Gasteiger partial charge in [0.25, 0.3) is 0 Å². The van der Waals surface area contributed by atoms with Gasteiger partial charge in [-0.05, 0) is 26.3 Å². The average molecular weight is 276 g/mol. The summed E-state index contributed by atoms with van der Waals surface area (Å²) in [6, 6.07) is 3.85. The molecule has 1 aromatic heterocycles. The summed E-state index contributed by atoms with van der Waals surface area (Å²) >= 11 is 0. The van der Waals surface area contributed by atoms with Crippen molar-refractivity contribution in [3.8, 4) is 5.88 Å². The van der Waals surface area contributed by atoms with Gasteiger partial charge in [0.15, 0.2) is 5.96 Å². The standard InChI is InChI=1S/C15H24N4O/c1-5-9-17-15(16-6-2)19-11-13-7-8-14(18-10-13)20-12(3)4/h5,7-8,10,12H,1,6,9,11H2,2-4H3,(H2,16,17,19). The molecule has 0 aliphatic heterocycles. The fourth-order valence-corrected chi connectivity index (χ4v) is 1.50. The molecule has 0 saturated carbocycles. The number of nitrogens with one attached hydrogen (secondary N) is 2. The van der Waals surface area contributed by atoms with E-state index in [1.165, 1.54) is 0 Å². The Hall–Kier alpha value is -2.04. The molecule has 5 nitrogen and oxygen atoms in total. The highest BCUT2D eigenvalue weighted by Gasteiger charge is 2.00. The minimum absolute atomic E-state index is 0.134. The van der Waals surface area contributed by atoms with Crippen molar-refractivity contribution in [1.29, 1.82) is 0 Å². The van der Waals surface area contributed by atoms with Crippen molar-refractivity contribution in [2.24, 2.45) is 4.99 Å². The summed E-state index contributed by atoms with van der Waals surface area (Å²) in [5.74, 6) is 1.42. The van der Waals surface area contributed by atoms with Crippen LogP contribution in [-0.4, -0.2) is 30.1 Å². The van der Waals surface area contributed by atoms with Crippen molar-refractivity contribution >= 4 is 5.96 Å². The second-order valence-electron chi connectivity index (χ2n) is 4.54. The van der Waals surface area contributed by atoms with E-state index < -0.39 is 0 Å². The summed E-state index contributed by atoms with van der Waals surface area (Å²) in [7, 11) is 0. The molecule has 0 radical (unpaired) electrons. The van der Waals surface area contributed by atoms with Crippen LogP contribution in [-0.2, 0) is 6.54 Å². The van der Waals surface area contributed by atoms with E-state index in [1.54, 1.807) is 12.3 Å². The first-order chi connectivity index (χ1) is 9.65. The monoisotopic (exact) mass is 276 g/mol. The van der Waals surface area contributed by atoms with Crippen LogP contribution in [0.15, 0.2) is 36.0 Å². The third-order valence-electron chi connectivity index (χ3n) is 2.33. The molecule has 0 aliphatic carbocycles. The maximum absolute atomic E-state index is 5.50. The van der Waals surface area contributed by atoms with E-state index in [9.17, 15) is 0 Å². The number of hydrogen-bond acceptors (Lipinski definition) is 3. The van der Waals surface area contributed by atoms with E-state index in [4.69, 9.17) is 4.74 Å². The predicted molar refractivity (Wildman–Crippen MR) is 83.0 cm³/mol. The summed E-state index contributed by atoms with van der Waals surface area (Å²) in [6.07, 6.45) is 3.72. The summed E-state index contributed by atoms with van der Waals surface area (Å²) in [6.45, 7) is 11.7. The Morgan fingerprint density at radius 3 is 2.80 bits per heavy atom. The molecule has 0 spiro atoms. The first kappa shape index (κ1) is 16.0. The van der Waals surface area contributed by atoms with Crippen LogP contribution < -0.4 is 15.4 Å². The molecule has 0 aliphatic rings. The lowest BCUT2D eigenvalue weighted by Gasteiger charge is -2.10. The quantitative estimate of drug-likeness (QED) is 0.455. The topological polar surface area (TPSA) is 58.5 Å². The van der Waals surface area contributed by atoms with Gasteiger partial charge in [-0.15, -0.1) is 6.58 Å². The van der Waals surface area contributed by atoms with E-state index in [0.29, 0.717) is 19.0 Å². The van der Waals surface area contributed by atoms with Crippen molar-refractivity contribution in [3.63, 3.8) is 0 Å². The molecule has 1 aromatic rings. The molecule has 5 heteroatoms. The molecule has 0 unspecified atom stereocenters. The minimum Gasteiger partial charge on any atom is -0.475 e. The van der Waals surface area contributed by atoms with E-state index in [2.05, 4.69) is 27.2 Å². The summed E-state index contributed by atoms with van der Waals surface area (Å²) in [4.78, 5) is 8.73. The van der Waals surface area contributed by atoms with Crippen LogP contribution in [0.2, 0.25) is 0 Å². The minimum atomic E-state index is 0.134. The van der Waals surface area contributed by atoms with Gasteiger partial charge in [0, 0.05) is 25.4 Å². The third-order valence-corrected chi connectivity index (χ3v) is 2.33. The first-order valence-corrected chi connectivity index (χ1v) is 6.90. The van der Waals surface area contributed by atoms with Gasteiger partial charge in [0.05, 0.1) is 12.6 Å². The normalized spacial score (nSPS) is 11.3. The van der Waals surface area contributed by atoms with E-state index in [0.717, 1.165) is 18.1 Å². The van der Waals surface area contributed by atoms with Gasteiger partial charge in [-0.25, -0.2) is 9.98 Å². The van der Waals surface area contributed by atoms with Crippen molar-refractivity contribution in [2.75, 3.05) is 13.1 Å². The van der Waals surface area contributed by atoms with Crippen LogP contribution >= 0.6 is 0 Å². The zero-order valence-corrected chi connectivity index (χ0v) is 12.5. The highest BCUT2D eigenvalue weighted by Crippen LogP contribution is 2.10. The summed E-state index contributed by atoms with van der Waals surface area (Å²) < 4.78 is 5.50. The molecule has 20 heavy (non-hydrogen) atoms. The van der Waals surface area contributed by atoms with Crippen LogP contribution in [0, 0.1) is 0 Å². The third kappa shape index (κ3) is 6.22. The number of hydrogen-bond donors (Lipinski definition) is 2. The molecule has 0 bridgehead atoms. The van der Waals surface area contributed by atoms with Crippen molar-refractivity contribution < 1.29 is 4.74 Å².